The molecule has 0 aliphatic heterocycles. The van der Waals surface area contributed by atoms with Crippen molar-refractivity contribution in [2.45, 2.75) is 19.8 Å². The highest BCUT2D eigenvalue weighted by Gasteiger charge is 2.02. The van der Waals surface area contributed by atoms with Crippen molar-refractivity contribution >= 4 is 45.9 Å². The molecule has 0 bridgehead atoms. The van der Waals surface area contributed by atoms with E-state index in [2.05, 4.69) is 22.1 Å². The molecule has 0 saturated carbocycles. The van der Waals surface area contributed by atoms with Gasteiger partial charge in [0, 0.05) is 23.2 Å². The molecule has 3 nitrogen and oxygen atoms in total. The quantitative estimate of drug-likeness (QED) is 0.777. The molecule has 1 aromatic carbocycles. The third-order valence-electron chi connectivity index (χ3n) is 2.20. The molecule has 2 rings (SSSR count). The average molecular weight is 300 g/mol. The minimum absolute atomic E-state index is 0.574. The second-order valence-corrected chi connectivity index (χ2v) is 5.54. The summed E-state index contributed by atoms with van der Waals surface area (Å²) in [7, 11) is 0. The van der Waals surface area contributed by atoms with E-state index in [0.29, 0.717) is 15.2 Å². The normalized spacial score (nSPS) is 11.3. The van der Waals surface area contributed by atoms with Gasteiger partial charge >= 0.3 is 0 Å². The summed E-state index contributed by atoms with van der Waals surface area (Å²) >= 11 is 13.4. The second-order valence-electron chi connectivity index (χ2n) is 3.65. The summed E-state index contributed by atoms with van der Waals surface area (Å²) in [6, 6.07) is 5.28. The van der Waals surface area contributed by atoms with Crippen LogP contribution in [0, 0.1) is 0 Å². The maximum Gasteiger partial charge on any atom is 0.231 e. The highest BCUT2D eigenvalue weighted by atomic mass is 35.5. The fourth-order valence-corrected chi connectivity index (χ4v) is 2.59. The predicted octanol–water partition coefficient (Wildman–Crippen LogP) is 4.55. The van der Waals surface area contributed by atoms with Crippen molar-refractivity contribution in [2.75, 3.05) is 0 Å². The number of nitrogens with zero attached hydrogens (tertiary/aromatic N) is 3. The molecule has 1 heterocycles. The number of halogens is 2. The van der Waals surface area contributed by atoms with E-state index in [9.17, 15) is 0 Å². The zero-order valence-electron chi connectivity index (χ0n) is 9.73. The first kappa shape index (κ1) is 13.5. The second kappa shape index (κ2) is 6.27. The van der Waals surface area contributed by atoms with Crippen LogP contribution in [0.4, 0.5) is 5.13 Å². The standard InChI is InChI=1S/C12H11Cl2N3S/c1-2-3-11-16-17-12(18-11)15-7-8-4-5-9(13)6-10(8)14/h4-7H,2-3H2,1H3. The van der Waals surface area contributed by atoms with Gasteiger partial charge in [0.05, 0.1) is 5.02 Å². The Balaban J connectivity index is 2.14. The van der Waals surface area contributed by atoms with E-state index in [4.69, 9.17) is 23.2 Å². The summed E-state index contributed by atoms with van der Waals surface area (Å²) in [5.41, 5.74) is 0.813. The van der Waals surface area contributed by atoms with Crippen LogP contribution in [-0.4, -0.2) is 16.4 Å². The van der Waals surface area contributed by atoms with Gasteiger partial charge in [-0.1, -0.05) is 47.5 Å². The van der Waals surface area contributed by atoms with Gasteiger partial charge in [-0.3, -0.25) is 0 Å². The fourth-order valence-electron chi connectivity index (χ4n) is 1.34. The molecule has 0 amide bonds. The van der Waals surface area contributed by atoms with Gasteiger partial charge in [-0.15, -0.1) is 10.2 Å². The first-order valence-electron chi connectivity index (χ1n) is 5.50. The Hall–Kier alpha value is -0.970. The number of benzene rings is 1. The number of aromatic nitrogens is 2. The van der Waals surface area contributed by atoms with E-state index in [1.807, 2.05) is 6.07 Å². The predicted molar refractivity (Wildman–Crippen MR) is 77.6 cm³/mol. The van der Waals surface area contributed by atoms with Gasteiger partial charge in [-0.2, -0.15) is 0 Å². The zero-order chi connectivity index (χ0) is 13.0. The number of rotatable bonds is 4. The third kappa shape index (κ3) is 3.51. The smallest absolute Gasteiger partial charge is 0.226 e. The molecular formula is C12H11Cl2N3S. The van der Waals surface area contributed by atoms with E-state index in [1.54, 1.807) is 18.3 Å². The Morgan fingerprint density at radius 3 is 2.89 bits per heavy atom. The zero-order valence-corrected chi connectivity index (χ0v) is 12.1. The minimum Gasteiger partial charge on any atom is -0.226 e. The summed E-state index contributed by atoms with van der Waals surface area (Å²) in [6.45, 7) is 2.11. The van der Waals surface area contributed by atoms with Crippen molar-refractivity contribution in [3.8, 4) is 0 Å². The van der Waals surface area contributed by atoms with Crippen LogP contribution in [-0.2, 0) is 6.42 Å². The van der Waals surface area contributed by atoms with Crippen LogP contribution >= 0.6 is 34.5 Å². The molecule has 0 aliphatic carbocycles. The number of hydrogen-bond acceptors (Lipinski definition) is 4. The Bertz CT molecular complexity index is 566. The van der Waals surface area contributed by atoms with Crippen LogP contribution in [0.3, 0.4) is 0 Å². The first-order chi connectivity index (χ1) is 8.69. The molecule has 2 aromatic rings. The highest BCUT2D eigenvalue weighted by molar-refractivity contribution is 7.14. The van der Waals surface area contributed by atoms with Crippen LogP contribution in [0.5, 0.6) is 0 Å². The summed E-state index contributed by atoms with van der Waals surface area (Å²) in [6.07, 6.45) is 3.67. The van der Waals surface area contributed by atoms with Crippen molar-refractivity contribution in [1.29, 1.82) is 0 Å². The molecule has 6 heteroatoms. The average Bonchev–Trinajstić information content (AvgIpc) is 2.76. The third-order valence-corrected chi connectivity index (χ3v) is 3.65. The highest BCUT2D eigenvalue weighted by Crippen LogP contribution is 2.22. The van der Waals surface area contributed by atoms with Crippen molar-refractivity contribution in [1.82, 2.24) is 10.2 Å². The molecule has 0 atom stereocenters. The van der Waals surface area contributed by atoms with Gasteiger partial charge < -0.3 is 0 Å². The van der Waals surface area contributed by atoms with Crippen molar-refractivity contribution in [2.24, 2.45) is 4.99 Å². The largest absolute Gasteiger partial charge is 0.231 e. The summed E-state index contributed by atoms with van der Waals surface area (Å²) in [5.74, 6) is 0. The van der Waals surface area contributed by atoms with Gasteiger partial charge in [0.2, 0.25) is 5.13 Å². The molecule has 0 saturated heterocycles. The van der Waals surface area contributed by atoms with Gasteiger partial charge in [0.15, 0.2) is 0 Å². The number of aliphatic imine (C=N–C) groups is 1. The monoisotopic (exact) mass is 299 g/mol. The topological polar surface area (TPSA) is 38.1 Å². The van der Waals surface area contributed by atoms with Crippen molar-refractivity contribution in [3.05, 3.63) is 38.8 Å². The Morgan fingerprint density at radius 2 is 2.17 bits per heavy atom. The molecule has 0 N–H and O–H groups in total. The Labute approximate surface area is 119 Å². The lowest BCUT2D eigenvalue weighted by molar-refractivity contribution is 0.878. The fraction of sp³-hybridized carbons (Fsp3) is 0.250. The van der Waals surface area contributed by atoms with Crippen LogP contribution in [0.2, 0.25) is 10.0 Å². The van der Waals surface area contributed by atoms with Gasteiger partial charge in [-0.25, -0.2) is 4.99 Å². The van der Waals surface area contributed by atoms with Crippen LogP contribution < -0.4 is 0 Å². The molecule has 0 radical (unpaired) electrons. The van der Waals surface area contributed by atoms with E-state index in [0.717, 1.165) is 23.4 Å². The Morgan fingerprint density at radius 1 is 1.33 bits per heavy atom. The van der Waals surface area contributed by atoms with Crippen molar-refractivity contribution < 1.29 is 0 Å². The lowest BCUT2D eigenvalue weighted by Gasteiger charge is -1.96. The number of hydrogen-bond donors (Lipinski definition) is 0. The SMILES string of the molecule is CCCc1nnc(N=Cc2ccc(Cl)cc2Cl)s1. The summed E-state index contributed by atoms with van der Waals surface area (Å²) < 4.78 is 0. The molecule has 0 fully saturated rings. The van der Waals surface area contributed by atoms with Crippen molar-refractivity contribution in [3.63, 3.8) is 0 Å². The lowest BCUT2D eigenvalue weighted by atomic mass is 10.2. The maximum atomic E-state index is 6.04. The van der Waals surface area contributed by atoms with E-state index < -0.39 is 0 Å². The molecule has 0 aliphatic rings. The van der Waals surface area contributed by atoms with E-state index in [-0.39, 0.29) is 0 Å². The van der Waals surface area contributed by atoms with Crippen LogP contribution in [0.25, 0.3) is 0 Å². The molecule has 0 spiro atoms. The van der Waals surface area contributed by atoms with Crippen LogP contribution in [0.15, 0.2) is 23.2 Å². The molecule has 0 unspecified atom stereocenters. The number of aryl methyl sites for hydroxylation is 1. The van der Waals surface area contributed by atoms with E-state index >= 15 is 0 Å². The summed E-state index contributed by atoms with van der Waals surface area (Å²) in [4.78, 5) is 4.26. The minimum atomic E-state index is 0.574. The first-order valence-corrected chi connectivity index (χ1v) is 7.08. The van der Waals surface area contributed by atoms with Crippen LogP contribution in [0.1, 0.15) is 23.9 Å². The van der Waals surface area contributed by atoms with Gasteiger partial charge in [0.1, 0.15) is 5.01 Å². The van der Waals surface area contributed by atoms with Gasteiger partial charge in [0.25, 0.3) is 0 Å². The molecular weight excluding hydrogens is 289 g/mol. The van der Waals surface area contributed by atoms with Gasteiger partial charge in [-0.05, 0) is 18.6 Å². The van der Waals surface area contributed by atoms with E-state index in [1.165, 1.54) is 11.3 Å². The maximum absolute atomic E-state index is 6.04. The molecule has 1 aromatic heterocycles. The Kier molecular flexibility index (Phi) is 4.69. The molecule has 94 valence electrons. The summed E-state index contributed by atoms with van der Waals surface area (Å²) in [5, 5.41) is 10.9. The molecule has 18 heavy (non-hydrogen) atoms. The lowest BCUT2D eigenvalue weighted by Crippen LogP contribution is -1.82.